The largest absolute Gasteiger partial charge is 0.380 e. The summed E-state index contributed by atoms with van der Waals surface area (Å²) in [6.07, 6.45) is 0.876. The van der Waals surface area contributed by atoms with Crippen molar-refractivity contribution in [2.45, 2.75) is 20.3 Å². The Morgan fingerprint density at radius 3 is 2.21 bits per heavy atom. The fourth-order valence-corrected chi connectivity index (χ4v) is 2.20. The summed E-state index contributed by atoms with van der Waals surface area (Å²) in [5.74, 6) is 0. The Morgan fingerprint density at radius 1 is 1.43 bits per heavy atom. The molecule has 1 aliphatic heterocycles. The Morgan fingerprint density at radius 2 is 2.00 bits per heavy atom. The van der Waals surface area contributed by atoms with Crippen molar-refractivity contribution >= 4 is 0 Å². The van der Waals surface area contributed by atoms with Crippen molar-refractivity contribution in [3.63, 3.8) is 0 Å². The smallest absolute Gasteiger partial charge is 0.0955 e. The van der Waals surface area contributed by atoms with Gasteiger partial charge in [0.15, 0.2) is 0 Å². The average Bonchev–Trinajstić information content (AvgIpc) is 2.09. The van der Waals surface area contributed by atoms with E-state index in [2.05, 4.69) is 11.8 Å². The van der Waals surface area contributed by atoms with E-state index < -0.39 is 0 Å². The van der Waals surface area contributed by atoms with Gasteiger partial charge in [-0.1, -0.05) is 13.8 Å². The summed E-state index contributed by atoms with van der Waals surface area (Å²) < 4.78 is 18.4. The summed E-state index contributed by atoms with van der Waals surface area (Å²) in [4.78, 5) is 2.13. The van der Waals surface area contributed by atoms with Crippen LogP contribution in [0, 0.1) is 10.8 Å². The Bertz CT molecular complexity index is 186. The van der Waals surface area contributed by atoms with Crippen molar-refractivity contribution < 1.29 is 9.13 Å². The van der Waals surface area contributed by atoms with Crippen molar-refractivity contribution in [3.05, 3.63) is 0 Å². The van der Waals surface area contributed by atoms with E-state index in [0.717, 1.165) is 13.0 Å². The maximum atomic E-state index is 13.1. The second-order valence-electron chi connectivity index (χ2n) is 5.06. The number of alkyl halides is 1. The van der Waals surface area contributed by atoms with Gasteiger partial charge in [-0.2, -0.15) is 0 Å². The highest BCUT2D eigenvalue weighted by molar-refractivity contribution is 5.00. The Kier molecular flexibility index (Phi) is 3.53. The zero-order valence-electron chi connectivity index (χ0n) is 9.77. The van der Waals surface area contributed by atoms with Gasteiger partial charge in [0.2, 0.25) is 0 Å². The van der Waals surface area contributed by atoms with Gasteiger partial charge in [-0.15, -0.1) is 0 Å². The van der Waals surface area contributed by atoms with Gasteiger partial charge in [0.1, 0.15) is 0 Å². The van der Waals surface area contributed by atoms with Gasteiger partial charge in [0, 0.05) is 17.4 Å². The molecule has 0 bridgehead atoms. The van der Waals surface area contributed by atoms with Crippen LogP contribution in [-0.2, 0) is 4.74 Å². The van der Waals surface area contributed by atoms with Gasteiger partial charge in [-0.25, -0.2) is 0 Å². The lowest BCUT2D eigenvalue weighted by Gasteiger charge is -2.53. The first-order chi connectivity index (χ1) is 6.49. The number of hydrogen-bond acceptors (Lipinski definition) is 2. The van der Waals surface area contributed by atoms with Gasteiger partial charge in [-0.3, -0.25) is 4.39 Å². The van der Waals surface area contributed by atoms with Crippen LogP contribution in [0.4, 0.5) is 4.39 Å². The Hall–Kier alpha value is -0.150. The summed E-state index contributed by atoms with van der Waals surface area (Å²) in [7, 11) is 4.07. The fraction of sp³-hybridized carbons (Fsp3) is 1.00. The van der Waals surface area contributed by atoms with Crippen LogP contribution in [0.15, 0.2) is 0 Å². The summed E-state index contributed by atoms with van der Waals surface area (Å²) in [6, 6.07) is 0. The minimum Gasteiger partial charge on any atom is -0.380 e. The van der Waals surface area contributed by atoms with E-state index in [0.29, 0.717) is 13.2 Å². The minimum absolute atomic E-state index is 0.0278. The first-order valence-electron chi connectivity index (χ1n) is 5.28. The molecule has 0 radical (unpaired) electrons. The van der Waals surface area contributed by atoms with E-state index in [-0.39, 0.29) is 17.5 Å². The quantitative estimate of drug-likeness (QED) is 0.677. The second kappa shape index (κ2) is 4.15. The summed E-state index contributed by atoms with van der Waals surface area (Å²) >= 11 is 0. The molecule has 1 unspecified atom stereocenters. The lowest BCUT2D eigenvalue weighted by atomic mass is 9.62. The van der Waals surface area contributed by atoms with Crippen LogP contribution in [-0.4, -0.2) is 45.4 Å². The predicted octanol–water partition coefficient (Wildman–Crippen LogP) is 1.95. The van der Waals surface area contributed by atoms with Gasteiger partial charge >= 0.3 is 0 Å². The lowest BCUT2D eigenvalue weighted by molar-refractivity contribution is -0.193. The number of ether oxygens (including phenoxy) is 1. The van der Waals surface area contributed by atoms with Crippen LogP contribution in [0.5, 0.6) is 0 Å². The van der Waals surface area contributed by atoms with Crippen LogP contribution < -0.4 is 0 Å². The molecule has 1 atom stereocenters. The highest BCUT2D eigenvalue weighted by atomic mass is 19.1. The molecule has 1 fully saturated rings. The molecule has 1 aliphatic rings. The van der Waals surface area contributed by atoms with Crippen molar-refractivity contribution in [1.82, 2.24) is 4.90 Å². The normalized spacial score (nSPS) is 24.4. The molecule has 0 spiro atoms. The van der Waals surface area contributed by atoms with Crippen LogP contribution in [0.3, 0.4) is 0 Å². The number of halogens is 1. The van der Waals surface area contributed by atoms with Gasteiger partial charge in [-0.05, 0) is 20.5 Å². The first-order valence-corrected chi connectivity index (χ1v) is 5.28. The third-order valence-corrected chi connectivity index (χ3v) is 3.73. The van der Waals surface area contributed by atoms with Gasteiger partial charge in [0.25, 0.3) is 0 Å². The number of nitrogens with zero attached hydrogens (tertiary/aromatic N) is 1. The first kappa shape index (κ1) is 11.9. The molecule has 0 saturated carbocycles. The topological polar surface area (TPSA) is 12.5 Å². The van der Waals surface area contributed by atoms with Crippen LogP contribution >= 0.6 is 0 Å². The summed E-state index contributed by atoms with van der Waals surface area (Å²) in [6.45, 7) is 6.19. The van der Waals surface area contributed by atoms with E-state index in [1.54, 1.807) is 0 Å². The molecule has 0 amide bonds. The molecule has 3 heteroatoms. The van der Waals surface area contributed by atoms with Crippen molar-refractivity contribution in [3.8, 4) is 0 Å². The van der Waals surface area contributed by atoms with Crippen LogP contribution in [0.2, 0.25) is 0 Å². The molecule has 84 valence electrons. The van der Waals surface area contributed by atoms with E-state index in [1.807, 2.05) is 21.0 Å². The molecule has 2 nitrogen and oxygen atoms in total. The molecule has 1 rings (SSSR count). The molecule has 1 saturated heterocycles. The number of hydrogen-bond donors (Lipinski definition) is 0. The molecule has 0 N–H and O–H groups in total. The molecular formula is C11H22FNO. The third kappa shape index (κ3) is 1.80. The molecule has 14 heavy (non-hydrogen) atoms. The summed E-state index contributed by atoms with van der Waals surface area (Å²) in [5, 5.41) is 0. The van der Waals surface area contributed by atoms with Crippen LogP contribution in [0.25, 0.3) is 0 Å². The zero-order chi connectivity index (χ0) is 10.8. The molecular weight excluding hydrogens is 181 g/mol. The fourth-order valence-electron chi connectivity index (χ4n) is 2.20. The maximum absolute atomic E-state index is 13.1. The Labute approximate surface area is 86.4 Å². The summed E-state index contributed by atoms with van der Waals surface area (Å²) in [5.41, 5.74) is -0.199. The standard InChI is InChI=1S/C11H22FNO/c1-5-10(2,6-12)11(7-13(3)4)8-14-9-11/h5-9H2,1-4H3. The van der Waals surface area contributed by atoms with Crippen LogP contribution in [0.1, 0.15) is 20.3 Å². The van der Waals surface area contributed by atoms with Gasteiger partial charge in [0.05, 0.1) is 19.9 Å². The SMILES string of the molecule is CCC(C)(CF)C1(CN(C)C)COC1. The zero-order valence-corrected chi connectivity index (χ0v) is 9.77. The average molecular weight is 203 g/mol. The minimum atomic E-state index is -0.249. The van der Waals surface area contributed by atoms with Crippen molar-refractivity contribution in [2.75, 3.05) is 40.5 Å². The Balaban J connectivity index is 2.77. The highest BCUT2D eigenvalue weighted by Crippen LogP contribution is 2.48. The molecule has 1 heterocycles. The van der Waals surface area contributed by atoms with E-state index in [1.165, 1.54) is 0 Å². The molecule has 0 aromatic rings. The maximum Gasteiger partial charge on any atom is 0.0955 e. The molecule has 0 aromatic carbocycles. The van der Waals surface area contributed by atoms with Gasteiger partial charge < -0.3 is 9.64 Å². The predicted molar refractivity (Wildman–Crippen MR) is 56.2 cm³/mol. The molecule has 0 aliphatic carbocycles. The number of rotatable bonds is 5. The van der Waals surface area contributed by atoms with E-state index in [4.69, 9.17) is 4.74 Å². The highest BCUT2D eigenvalue weighted by Gasteiger charge is 2.52. The molecule has 0 aromatic heterocycles. The van der Waals surface area contributed by atoms with Crippen molar-refractivity contribution in [1.29, 1.82) is 0 Å². The third-order valence-electron chi connectivity index (χ3n) is 3.73. The lowest BCUT2D eigenvalue weighted by Crippen LogP contribution is -2.59. The van der Waals surface area contributed by atoms with E-state index in [9.17, 15) is 4.39 Å². The second-order valence-corrected chi connectivity index (χ2v) is 5.06. The van der Waals surface area contributed by atoms with E-state index >= 15 is 0 Å². The monoisotopic (exact) mass is 203 g/mol. The van der Waals surface area contributed by atoms with Crippen molar-refractivity contribution in [2.24, 2.45) is 10.8 Å².